The summed E-state index contributed by atoms with van der Waals surface area (Å²) in [4.78, 5) is 18.9. The van der Waals surface area contributed by atoms with Gasteiger partial charge in [-0.3, -0.25) is 4.79 Å². The number of nitrogens with zero attached hydrogens (tertiary/aromatic N) is 2. The molecule has 2 aromatic heterocycles. The van der Waals surface area contributed by atoms with Gasteiger partial charge in [0, 0.05) is 30.6 Å². The van der Waals surface area contributed by atoms with E-state index in [9.17, 15) is 4.79 Å². The van der Waals surface area contributed by atoms with Crippen molar-refractivity contribution in [2.75, 3.05) is 19.7 Å². The van der Waals surface area contributed by atoms with E-state index in [1.54, 1.807) is 12.5 Å². The van der Waals surface area contributed by atoms with Crippen molar-refractivity contribution in [1.82, 2.24) is 9.88 Å². The quantitative estimate of drug-likeness (QED) is 0.847. The highest BCUT2D eigenvalue weighted by Crippen LogP contribution is 2.25. The third-order valence-electron chi connectivity index (χ3n) is 3.71. The van der Waals surface area contributed by atoms with E-state index in [1.165, 1.54) is 11.3 Å². The number of amides is 1. The maximum atomic E-state index is 12.6. The molecule has 3 rings (SSSR count). The lowest BCUT2D eigenvalue weighted by Crippen LogP contribution is -2.43. The van der Waals surface area contributed by atoms with Crippen LogP contribution in [0.3, 0.4) is 0 Å². The predicted octanol–water partition coefficient (Wildman–Crippen LogP) is 3.43. The van der Waals surface area contributed by atoms with E-state index in [2.05, 4.69) is 11.9 Å². The van der Waals surface area contributed by atoms with Crippen LogP contribution in [-0.2, 0) is 4.74 Å². The standard InChI is InChI=1S/C16H20N2O3S/c1-2-7-21-13-4-3-6-18(9-13)16(19)14-11-22-15(17-14)12-5-8-20-10-12/h5,8,10-11,13H,2-4,6-7,9H2,1H3/t13-/m0/s1. The van der Waals surface area contributed by atoms with E-state index in [1.807, 2.05) is 16.3 Å². The molecule has 6 heteroatoms. The van der Waals surface area contributed by atoms with Crippen molar-refractivity contribution in [3.05, 3.63) is 29.7 Å². The first-order chi connectivity index (χ1) is 10.8. The molecule has 0 bridgehead atoms. The van der Waals surface area contributed by atoms with Crippen molar-refractivity contribution in [3.8, 4) is 10.6 Å². The van der Waals surface area contributed by atoms with Gasteiger partial charge in [0.1, 0.15) is 17.0 Å². The highest BCUT2D eigenvalue weighted by Gasteiger charge is 2.26. The monoisotopic (exact) mass is 320 g/mol. The number of furan rings is 1. The van der Waals surface area contributed by atoms with Gasteiger partial charge in [0.15, 0.2) is 0 Å². The average Bonchev–Trinajstić information content (AvgIpc) is 3.23. The molecule has 2 aromatic rings. The van der Waals surface area contributed by atoms with Gasteiger partial charge < -0.3 is 14.1 Å². The minimum absolute atomic E-state index is 0.00390. The summed E-state index contributed by atoms with van der Waals surface area (Å²) in [5, 5.41) is 2.63. The van der Waals surface area contributed by atoms with Crippen molar-refractivity contribution in [2.45, 2.75) is 32.3 Å². The number of thiazole rings is 1. The number of piperidine rings is 1. The number of carbonyl (C=O) groups is 1. The SMILES string of the molecule is CCCO[C@H]1CCCN(C(=O)c2csc(-c3ccoc3)n2)C1. The second-order valence-corrected chi connectivity index (χ2v) is 6.29. The highest BCUT2D eigenvalue weighted by atomic mass is 32.1. The number of hydrogen-bond donors (Lipinski definition) is 0. The van der Waals surface area contributed by atoms with Crippen LogP contribution in [-0.4, -0.2) is 41.6 Å². The maximum Gasteiger partial charge on any atom is 0.273 e. The first-order valence-corrected chi connectivity index (χ1v) is 8.55. The number of hydrogen-bond acceptors (Lipinski definition) is 5. The Balaban J connectivity index is 1.66. The molecule has 22 heavy (non-hydrogen) atoms. The smallest absolute Gasteiger partial charge is 0.273 e. The van der Waals surface area contributed by atoms with Crippen LogP contribution in [0.25, 0.3) is 10.6 Å². The Labute approximate surface area is 133 Å². The Morgan fingerprint density at radius 2 is 2.50 bits per heavy atom. The van der Waals surface area contributed by atoms with Gasteiger partial charge in [-0.1, -0.05) is 6.92 Å². The number of rotatable bonds is 5. The summed E-state index contributed by atoms with van der Waals surface area (Å²) in [6.07, 6.45) is 6.43. The second-order valence-electron chi connectivity index (χ2n) is 5.44. The number of ether oxygens (including phenoxy) is 1. The molecular weight excluding hydrogens is 300 g/mol. The summed E-state index contributed by atoms with van der Waals surface area (Å²) in [6.45, 7) is 4.30. The van der Waals surface area contributed by atoms with Crippen molar-refractivity contribution in [2.24, 2.45) is 0 Å². The van der Waals surface area contributed by atoms with Gasteiger partial charge >= 0.3 is 0 Å². The van der Waals surface area contributed by atoms with Crippen LogP contribution in [0, 0.1) is 0 Å². The van der Waals surface area contributed by atoms with E-state index in [-0.39, 0.29) is 12.0 Å². The molecule has 1 fully saturated rings. The third-order valence-corrected chi connectivity index (χ3v) is 4.61. The molecule has 0 N–H and O–H groups in total. The van der Waals surface area contributed by atoms with Gasteiger partial charge in [0.2, 0.25) is 0 Å². The summed E-state index contributed by atoms with van der Waals surface area (Å²) >= 11 is 1.46. The zero-order valence-electron chi connectivity index (χ0n) is 12.7. The van der Waals surface area contributed by atoms with Crippen molar-refractivity contribution < 1.29 is 13.9 Å². The van der Waals surface area contributed by atoms with Crippen LogP contribution >= 0.6 is 11.3 Å². The average molecular weight is 320 g/mol. The van der Waals surface area contributed by atoms with E-state index < -0.39 is 0 Å². The van der Waals surface area contributed by atoms with Crippen LogP contribution < -0.4 is 0 Å². The molecule has 0 unspecified atom stereocenters. The van der Waals surface area contributed by atoms with Crippen molar-refractivity contribution in [1.29, 1.82) is 0 Å². The summed E-state index contributed by atoms with van der Waals surface area (Å²) in [5.74, 6) is -0.00390. The lowest BCUT2D eigenvalue weighted by atomic mass is 10.1. The summed E-state index contributed by atoms with van der Waals surface area (Å²) < 4.78 is 10.8. The Kier molecular flexibility index (Phi) is 4.90. The molecule has 0 radical (unpaired) electrons. The maximum absolute atomic E-state index is 12.6. The molecule has 0 saturated carbocycles. The van der Waals surface area contributed by atoms with Crippen LogP contribution in [0.4, 0.5) is 0 Å². The van der Waals surface area contributed by atoms with Crippen LogP contribution in [0.15, 0.2) is 28.4 Å². The lowest BCUT2D eigenvalue weighted by Gasteiger charge is -2.32. The van der Waals surface area contributed by atoms with E-state index in [4.69, 9.17) is 9.15 Å². The molecule has 0 aromatic carbocycles. The molecule has 118 valence electrons. The van der Waals surface area contributed by atoms with Crippen LogP contribution in [0.5, 0.6) is 0 Å². The van der Waals surface area contributed by atoms with Gasteiger partial charge in [-0.2, -0.15) is 0 Å². The van der Waals surface area contributed by atoms with Gasteiger partial charge in [0.25, 0.3) is 5.91 Å². The van der Waals surface area contributed by atoms with Crippen molar-refractivity contribution >= 4 is 17.2 Å². The fraction of sp³-hybridized carbons (Fsp3) is 0.500. The fourth-order valence-electron chi connectivity index (χ4n) is 2.60. The molecule has 0 spiro atoms. The molecule has 5 nitrogen and oxygen atoms in total. The summed E-state index contributed by atoms with van der Waals surface area (Å²) in [5.41, 5.74) is 1.42. The van der Waals surface area contributed by atoms with E-state index in [0.717, 1.165) is 43.0 Å². The number of aromatic nitrogens is 1. The molecule has 1 saturated heterocycles. The third kappa shape index (κ3) is 3.39. The normalized spacial score (nSPS) is 18.6. The summed E-state index contributed by atoms with van der Waals surface area (Å²) in [6, 6.07) is 1.85. The number of likely N-dealkylation sites (tertiary alicyclic amines) is 1. The molecular formula is C16H20N2O3S. The second kappa shape index (κ2) is 7.07. The molecule has 3 heterocycles. The lowest BCUT2D eigenvalue weighted by molar-refractivity contribution is 0.00195. The summed E-state index contributed by atoms with van der Waals surface area (Å²) in [7, 11) is 0. The zero-order chi connectivity index (χ0) is 15.4. The zero-order valence-corrected chi connectivity index (χ0v) is 13.5. The Morgan fingerprint density at radius 3 is 3.27 bits per heavy atom. The first kappa shape index (κ1) is 15.2. The van der Waals surface area contributed by atoms with Gasteiger partial charge in [-0.15, -0.1) is 11.3 Å². The molecule has 1 atom stereocenters. The van der Waals surface area contributed by atoms with E-state index >= 15 is 0 Å². The molecule has 0 aliphatic carbocycles. The Bertz CT molecular complexity index is 609. The largest absolute Gasteiger partial charge is 0.472 e. The van der Waals surface area contributed by atoms with Crippen LogP contribution in [0.2, 0.25) is 0 Å². The minimum atomic E-state index is -0.00390. The number of carbonyl (C=O) groups excluding carboxylic acids is 1. The highest BCUT2D eigenvalue weighted by molar-refractivity contribution is 7.13. The fourth-order valence-corrected chi connectivity index (χ4v) is 3.38. The van der Waals surface area contributed by atoms with Crippen molar-refractivity contribution in [3.63, 3.8) is 0 Å². The van der Waals surface area contributed by atoms with Crippen LogP contribution in [0.1, 0.15) is 36.7 Å². The van der Waals surface area contributed by atoms with Gasteiger partial charge in [0.05, 0.1) is 12.4 Å². The molecule has 1 aliphatic rings. The Hall–Kier alpha value is -1.66. The first-order valence-electron chi connectivity index (χ1n) is 7.67. The van der Waals surface area contributed by atoms with Gasteiger partial charge in [-0.25, -0.2) is 4.98 Å². The minimum Gasteiger partial charge on any atom is -0.472 e. The molecule has 1 aliphatic heterocycles. The van der Waals surface area contributed by atoms with E-state index in [0.29, 0.717) is 12.2 Å². The Morgan fingerprint density at radius 1 is 1.59 bits per heavy atom. The molecule has 1 amide bonds. The topological polar surface area (TPSA) is 55.6 Å². The predicted molar refractivity (Wildman–Crippen MR) is 85.0 cm³/mol. The van der Waals surface area contributed by atoms with Gasteiger partial charge in [-0.05, 0) is 25.3 Å².